The maximum Gasteiger partial charge on any atom is 0.471 e. The van der Waals surface area contributed by atoms with E-state index in [1.807, 2.05) is 0 Å². The molecule has 0 aliphatic heterocycles. The second kappa shape index (κ2) is 7.06. The molecule has 8 heteroatoms. The van der Waals surface area contributed by atoms with E-state index in [1.54, 1.807) is 23.5 Å². The number of para-hydroxylation sites is 1. The molecule has 0 aliphatic rings. The van der Waals surface area contributed by atoms with Crippen LogP contribution < -0.4 is 10.2 Å². The minimum Gasteiger partial charge on any atom is -0.337 e. The van der Waals surface area contributed by atoms with Crippen LogP contribution in [0.1, 0.15) is 13.8 Å². The van der Waals surface area contributed by atoms with Crippen molar-refractivity contribution in [2.45, 2.75) is 32.1 Å². The van der Waals surface area contributed by atoms with Gasteiger partial charge in [-0.15, -0.1) is 0 Å². The molecule has 0 radical (unpaired) electrons. The fourth-order valence-corrected chi connectivity index (χ4v) is 1.76. The highest BCUT2D eigenvalue weighted by molar-refractivity contribution is 6.02. The Morgan fingerprint density at radius 2 is 1.73 bits per heavy atom. The first-order valence-corrected chi connectivity index (χ1v) is 6.39. The summed E-state index contributed by atoms with van der Waals surface area (Å²) in [4.78, 5) is 35.2. The highest BCUT2D eigenvalue weighted by Crippen LogP contribution is 2.18. The van der Waals surface area contributed by atoms with Crippen LogP contribution in [0.5, 0.6) is 0 Å². The fourth-order valence-electron chi connectivity index (χ4n) is 1.76. The van der Waals surface area contributed by atoms with Gasteiger partial charge in [0.05, 0.1) is 6.04 Å². The largest absolute Gasteiger partial charge is 0.471 e. The van der Waals surface area contributed by atoms with Gasteiger partial charge in [0, 0.05) is 5.69 Å². The molecule has 2 amide bonds. The van der Waals surface area contributed by atoms with Gasteiger partial charge < -0.3 is 15.0 Å². The quantitative estimate of drug-likeness (QED) is 0.841. The van der Waals surface area contributed by atoms with E-state index in [-0.39, 0.29) is 0 Å². The summed E-state index contributed by atoms with van der Waals surface area (Å²) in [6, 6.07) is 5.67. The molecule has 0 bridgehead atoms. The fraction of sp³-hybridized carbons (Fsp3) is 0.357. The number of aldehydes is 1. The second-order valence-corrected chi connectivity index (χ2v) is 4.61. The summed E-state index contributed by atoms with van der Waals surface area (Å²) in [6.45, 7) is 2.55. The number of hydrogen-bond donors (Lipinski definition) is 1. The van der Waals surface area contributed by atoms with Gasteiger partial charge >= 0.3 is 12.1 Å². The normalized spacial score (nSPS) is 13.9. The van der Waals surface area contributed by atoms with Crippen molar-refractivity contribution in [2.75, 3.05) is 4.90 Å². The van der Waals surface area contributed by atoms with Gasteiger partial charge in [-0.05, 0) is 26.0 Å². The number of hydrogen-bond acceptors (Lipinski definition) is 3. The van der Waals surface area contributed by atoms with Crippen LogP contribution in [0.2, 0.25) is 0 Å². The van der Waals surface area contributed by atoms with Gasteiger partial charge in [0.2, 0.25) is 5.91 Å². The van der Waals surface area contributed by atoms with Crippen LogP contribution in [0.15, 0.2) is 30.3 Å². The van der Waals surface area contributed by atoms with Gasteiger partial charge in [0.25, 0.3) is 0 Å². The van der Waals surface area contributed by atoms with Crippen LogP contribution in [0.25, 0.3) is 0 Å². The lowest BCUT2D eigenvalue weighted by Crippen LogP contribution is -2.53. The van der Waals surface area contributed by atoms with Crippen LogP contribution in [-0.2, 0) is 14.4 Å². The van der Waals surface area contributed by atoms with Crippen molar-refractivity contribution in [2.24, 2.45) is 0 Å². The zero-order chi connectivity index (χ0) is 16.9. The van der Waals surface area contributed by atoms with Crippen LogP contribution in [0, 0.1) is 0 Å². The maximum atomic E-state index is 12.3. The Morgan fingerprint density at radius 1 is 1.18 bits per heavy atom. The van der Waals surface area contributed by atoms with Gasteiger partial charge in [-0.25, -0.2) is 0 Å². The molecule has 0 aromatic heterocycles. The summed E-state index contributed by atoms with van der Waals surface area (Å²) in [7, 11) is 0. The van der Waals surface area contributed by atoms with Crippen molar-refractivity contribution in [1.29, 1.82) is 0 Å². The van der Waals surface area contributed by atoms with Gasteiger partial charge in [-0.2, -0.15) is 13.2 Å². The minimum atomic E-state index is -5.08. The first kappa shape index (κ1) is 17.7. The molecule has 0 aliphatic carbocycles. The second-order valence-electron chi connectivity index (χ2n) is 4.61. The van der Waals surface area contributed by atoms with Gasteiger partial charge in [-0.1, -0.05) is 18.2 Å². The molecule has 0 heterocycles. The molecule has 0 fully saturated rings. The van der Waals surface area contributed by atoms with E-state index in [0.29, 0.717) is 12.0 Å². The predicted molar refractivity (Wildman–Crippen MR) is 73.1 cm³/mol. The summed E-state index contributed by atoms with van der Waals surface area (Å²) in [5.74, 6) is -3.02. The number of carbonyl (C=O) groups excluding carboxylic acids is 3. The van der Waals surface area contributed by atoms with Crippen molar-refractivity contribution in [3.05, 3.63) is 30.3 Å². The molecular weight excluding hydrogens is 301 g/mol. The van der Waals surface area contributed by atoms with Crippen molar-refractivity contribution >= 4 is 23.8 Å². The summed E-state index contributed by atoms with van der Waals surface area (Å²) in [6.07, 6.45) is -4.59. The number of amides is 2. The van der Waals surface area contributed by atoms with Crippen LogP contribution in [0.3, 0.4) is 0 Å². The Hall–Kier alpha value is -2.38. The van der Waals surface area contributed by atoms with Gasteiger partial charge in [-0.3, -0.25) is 9.59 Å². The molecule has 120 valence electrons. The van der Waals surface area contributed by atoms with E-state index in [9.17, 15) is 27.6 Å². The highest BCUT2D eigenvalue weighted by atomic mass is 19.4. The number of halogens is 3. The lowest BCUT2D eigenvalue weighted by molar-refractivity contribution is -0.174. The van der Waals surface area contributed by atoms with E-state index < -0.39 is 30.1 Å². The molecule has 1 N–H and O–H groups in total. The van der Waals surface area contributed by atoms with Crippen LogP contribution in [-0.4, -0.2) is 36.4 Å². The average molecular weight is 316 g/mol. The van der Waals surface area contributed by atoms with Crippen molar-refractivity contribution in [3.8, 4) is 0 Å². The number of rotatable bonds is 5. The topological polar surface area (TPSA) is 66.5 Å². The van der Waals surface area contributed by atoms with E-state index in [2.05, 4.69) is 0 Å². The third-order valence-electron chi connectivity index (χ3n) is 2.85. The van der Waals surface area contributed by atoms with E-state index in [1.165, 1.54) is 19.1 Å². The standard InChI is InChI=1S/C14H15F3N2O3/c1-9(8-20)19(11-6-4-3-5-7-11)12(21)10(2)18-13(22)14(15,16)17/h3-10H,1-2H3,(H,18,22). The number of anilines is 1. The molecule has 0 spiro atoms. The SMILES string of the molecule is CC(NC(=O)C(F)(F)F)C(=O)N(c1ccccc1)C(C)C=O. The molecule has 1 aromatic rings. The molecule has 2 atom stereocenters. The summed E-state index contributed by atoms with van der Waals surface area (Å²) >= 11 is 0. The Balaban J connectivity index is 2.98. The summed E-state index contributed by atoms with van der Waals surface area (Å²) < 4.78 is 36.7. The Labute approximate surface area is 125 Å². The van der Waals surface area contributed by atoms with Crippen LogP contribution in [0.4, 0.5) is 18.9 Å². The number of nitrogens with zero attached hydrogens (tertiary/aromatic N) is 1. The lowest BCUT2D eigenvalue weighted by atomic mass is 10.2. The summed E-state index contributed by atoms with van der Waals surface area (Å²) in [5, 5.41) is 1.58. The number of benzene rings is 1. The molecule has 22 heavy (non-hydrogen) atoms. The highest BCUT2D eigenvalue weighted by Gasteiger charge is 2.40. The Morgan fingerprint density at radius 3 is 2.18 bits per heavy atom. The zero-order valence-corrected chi connectivity index (χ0v) is 11.9. The van der Waals surface area contributed by atoms with Crippen molar-refractivity contribution < 1.29 is 27.6 Å². The first-order chi connectivity index (χ1) is 10.2. The molecule has 0 saturated carbocycles. The molecule has 5 nitrogen and oxygen atoms in total. The zero-order valence-electron chi connectivity index (χ0n) is 11.9. The van der Waals surface area contributed by atoms with Crippen molar-refractivity contribution in [1.82, 2.24) is 5.32 Å². The molecule has 1 rings (SSSR count). The van der Waals surface area contributed by atoms with E-state index in [0.717, 1.165) is 11.8 Å². The molecular formula is C14H15F3N2O3. The first-order valence-electron chi connectivity index (χ1n) is 6.39. The smallest absolute Gasteiger partial charge is 0.337 e. The monoisotopic (exact) mass is 316 g/mol. The minimum absolute atomic E-state index is 0.347. The molecule has 2 unspecified atom stereocenters. The Bertz CT molecular complexity index is 546. The Kier molecular flexibility index (Phi) is 5.67. The van der Waals surface area contributed by atoms with Gasteiger partial charge in [0.15, 0.2) is 0 Å². The predicted octanol–water partition coefficient (Wildman–Crippen LogP) is 1.67. The third kappa shape index (κ3) is 4.31. The van der Waals surface area contributed by atoms with Gasteiger partial charge in [0.1, 0.15) is 12.3 Å². The van der Waals surface area contributed by atoms with E-state index >= 15 is 0 Å². The number of carbonyl (C=O) groups is 3. The molecule has 0 saturated heterocycles. The maximum absolute atomic E-state index is 12.3. The third-order valence-corrected chi connectivity index (χ3v) is 2.85. The number of nitrogens with one attached hydrogen (secondary N) is 1. The lowest BCUT2D eigenvalue weighted by Gasteiger charge is -2.29. The average Bonchev–Trinajstić information content (AvgIpc) is 2.47. The van der Waals surface area contributed by atoms with Crippen LogP contribution >= 0.6 is 0 Å². The number of alkyl halides is 3. The van der Waals surface area contributed by atoms with Crippen molar-refractivity contribution in [3.63, 3.8) is 0 Å². The van der Waals surface area contributed by atoms with E-state index in [4.69, 9.17) is 0 Å². The summed E-state index contributed by atoms with van der Waals surface area (Å²) in [5.41, 5.74) is 0.347. The molecule has 1 aromatic carbocycles.